The number of rotatable bonds is 3. The molecule has 1 fully saturated rings. The van der Waals surface area contributed by atoms with E-state index in [0.717, 1.165) is 30.5 Å². The van der Waals surface area contributed by atoms with Crippen LogP contribution in [0.5, 0.6) is 0 Å². The number of likely N-dealkylation sites (tertiary alicyclic amines) is 1. The van der Waals surface area contributed by atoms with Crippen LogP contribution < -0.4 is 0 Å². The largest absolute Gasteiger partial charge is 0.444 e. The number of halogens is 1. The molecule has 0 aromatic heterocycles. The minimum atomic E-state index is -0.448. The number of benzene rings is 1. The van der Waals surface area contributed by atoms with Crippen molar-refractivity contribution in [3.05, 3.63) is 33.8 Å². The van der Waals surface area contributed by atoms with Gasteiger partial charge in [-0.25, -0.2) is 4.79 Å². The second-order valence-corrected chi connectivity index (χ2v) is 8.22. The first-order valence-corrected chi connectivity index (χ1v) is 8.88. The van der Waals surface area contributed by atoms with Gasteiger partial charge in [-0.2, -0.15) is 0 Å². The Labute approximate surface area is 147 Å². The normalized spacial score (nSPS) is 19.0. The lowest BCUT2D eigenvalue weighted by atomic mass is 10.1. The van der Waals surface area contributed by atoms with E-state index in [9.17, 15) is 4.79 Å². The number of carbonyl (C=O) groups excluding carboxylic acids is 1. The predicted molar refractivity (Wildman–Crippen MR) is 96.6 cm³/mol. The van der Waals surface area contributed by atoms with Crippen molar-refractivity contribution in [3.63, 3.8) is 0 Å². The van der Waals surface area contributed by atoms with Crippen molar-refractivity contribution in [1.29, 1.82) is 0 Å². The lowest BCUT2D eigenvalue weighted by Gasteiger charge is -2.28. The lowest BCUT2D eigenvalue weighted by molar-refractivity contribution is 0.0228. The van der Waals surface area contributed by atoms with Crippen molar-refractivity contribution in [1.82, 2.24) is 9.80 Å². The highest BCUT2D eigenvalue weighted by Crippen LogP contribution is 2.24. The molecule has 1 aromatic carbocycles. The van der Waals surface area contributed by atoms with Crippen molar-refractivity contribution >= 4 is 22.0 Å². The Kier molecular flexibility index (Phi) is 5.74. The summed E-state index contributed by atoms with van der Waals surface area (Å²) >= 11 is 3.63. The fourth-order valence-corrected chi connectivity index (χ4v) is 3.19. The van der Waals surface area contributed by atoms with Gasteiger partial charge < -0.3 is 9.64 Å². The smallest absolute Gasteiger partial charge is 0.410 e. The maximum absolute atomic E-state index is 12.2. The van der Waals surface area contributed by atoms with Crippen LogP contribution in [-0.4, -0.2) is 47.7 Å². The highest BCUT2D eigenvalue weighted by atomic mass is 79.9. The Hall–Kier alpha value is -1.07. The Morgan fingerprint density at radius 2 is 2.13 bits per heavy atom. The third-order valence-corrected chi connectivity index (χ3v) is 4.85. The first kappa shape index (κ1) is 18.3. The van der Waals surface area contributed by atoms with Crippen LogP contribution >= 0.6 is 15.9 Å². The molecule has 1 aliphatic rings. The molecule has 1 amide bonds. The van der Waals surface area contributed by atoms with Crippen LogP contribution in [0.2, 0.25) is 0 Å². The summed E-state index contributed by atoms with van der Waals surface area (Å²) in [6.07, 6.45) is 0.750. The van der Waals surface area contributed by atoms with Crippen LogP contribution in [0.3, 0.4) is 0 Å². The number of hydrogen-bond donors (Lipinski definition) is 0. The topological polar surface area (TPSA) is 32.8 Å². The first-order valence-electron chi connectivity index (χ1n) is 8.09. The van der Waals surface area contributed by atoms with Gasteiger partial charge in [-0.15, -0.1) is 0 Å². The maximum atomic E-state index is 12.2. The summed E-state index contributed by atoms with van der Waals surface area (Å²) in [5, 5.41) is 0. The van der Waals surface area contributed by atoms with Crippen molar-refractivity contribution in [2.45, 2.75) is 52.3 Å². The lowest BCUT2D eigenvalue weighted by Crippen LogP contribution is -2.42. The molecule has 0 aliphatic carbocycles. The zero-order valence-corrected chi connectivity index (χ0v) is 16.3. The predicted octanol–water partition coefficient (Wildman–Crippen LogP) is 4.20. The molecule has 2 rings (SSSR count). The molecule has 23 heavy (non-hydrogen) atoms. The maximum Gasteiger partial charge on any atom is 0.410 e. The van der Waals surface area contributed by atoms with Crippen molar-refractivity contribution in [2.75, 3.05) is 20.1 Å². The number of carbonyl (C=O) groups is 1. The number of ether oxygens (including phenoxy) is 1. The highest BCUT2D eigenvalue weighted by molar-refractivity contribution is 9.10. The summed E-state index contributed by atoms with van der Waals surface area (Å²) in [4.78, 5) is 16.3. The van der Waals surface area contributed by atoms with E-state index in [1.165, 1.54) is 11.1 Å². The molecule has 1 aromatic rings. The molecule has 1 heterocycles. The summed E-state index contributed by atoms with van der Waals surface area (Å²) in [6.45, 7) is 10.6. The second kappa shape index (κ2) is 7.22. The molecule has 4 nitrogen and oxygen atoms in total. The van der Waals surface area contributed by atoms with Crippen LogP contribution in [0.1, 0.15) is 38.3 Å². The first-order chi connectivity index (χ1) is 10.7. The molecule has 0 spiro atoms. The van der Waals surface area contributed by atoms with Gasteiger partial charge in [0.1, 0.15) is 5.60 Å². The number of aryl methyl sites for hydroxylation is 1. The summed E-state index contributed by atoms with van der Waals surface area (Å²) in [5.74, 6) is 0. The van der Waals surface area contributed by atoms with E-state index >= 15 is 0 Å². The minimum Gasteiger partial charge on any atom is -0.444 e. The molecule has 0 bridgehead atoms. The number of amides is 1. The molecule has 1 saturated heterocycles. The SMILES string of the molecule is Cc1ccc(Br)c(CN2CC[C@@H](N(C)C(=O)OC(C)(C)C)C2)c1. The molecular formula is C18H27BrN2O2. The van der Waals surface area contributed by atoms with Crippen LogP contribution in [0.15, 0.2) is 22.7 Å². The average molecular weight is 383 g/mol. The Balaban J connectivity index is 1.93. The molecule has 0 N–H and O–H groups in total. The van der Waals surface area contributed by atoms with E-state index in [0.29, 0.717) is 0 Å². The van der Waals surface area contributed by atoms with Crippen molar-refractivity contribution in [2.24, 2.45) is 0 Å². The van der Waals surface area contributed by atoms with Crippen LogP contribution in [0.4, 0.5) is 4.79 Å². The van der Waals surface area contributed by atoms with Crippen molar-refractivity contribution < 1.29 is 9.53 Å². The summed E-state index contributed by atoms with van der Waals surface area (Å²) in [5.41, 5.74) is 2.12. The van der Waals surface area contributed by atoms with Gasteiger partial charge in [-0.05, 0) is 45.7 Å². The van der Waals surface area contributed by atoms with E-state index < -0.39 is 5.60 Å². The quantitative estimate of drug-likeness (QED) is 0.784. The third-order valence-electron chi connectivity index (χ3n) is 4.07. The molecule has 0 radical (unpaired) electrons. The fraction of sp³-hybridized carbons (Fsp3) is 0.611. The molecular weight excluding hydrogens is 356 g/mol. The van der Waals surface area contributed by atoms with Gasteiger partial charge in [0.2, 0.25) is 0 Å². The third kappa shape index (κ3) is 5.21. The number of likely N-dealkylation sites (N-methyl/N-ethyl adjacent to an activating group) is 1. The second-order valence-electron chi connectivity index (χ2n) is 7.36. The van der Waals surface area contributed by atoms with Crippen LogP contribution in [0.25, 0.3) is 0 Å². The summed E-state index contributed by atoms with van der Waals surface area (Å²) < 4.78 is 6.61. The van der Waals surface area contributed by atoms with E-state index in [1.54, 1.807) is 4.90 Å². The van der Waals surface area contributed by atoms with Gasteiger partial charge >= 0.3 is 6.09 Å². The Bertz CT molecular complexity index is 569. The summed E-state index contributed by atoms with van der Waals surface area (Å²) in [7, 11) is 1.84. The summed E-state index contributed by atoms with van der Waals surface area (Å²) in [6, 6.07) is 6.64. The van der Waals surface area contributed by atoms with Crippen molar-refractivity contribution in [3.8, 4) is 0 Å². The van der Waals surface area contributed by atoms with E-state index in [4.69, 9.17) is 4.74 Å². The standard InChI is InChI=1S/C18H27BrN2O2/c1-13-6-7-16(19)14(10-13)11-21-9-8-15(12-21)20(5)17(22)23-18(2,3)4/h6-7,10,15H,8-9,11-12H2,1-5H3/t15-/m1/s1. The van der Waals surface area contributed by atoms with Gasteiger partial charge in [-0.1, -0.05) is 33.6 Å². The number of hydrogen-bond acceptors (Lipinski definition) is 3. The Morgan fingerprint density at radius 1 is 1.43 bits per heavy atom. The van der Waals surface area contributed by atoms with Gasteiger partial charge in [-0.3, -0.25) is 4.90 Å². The minimum absolute atomic E-state index is 0.216. The van der Waals surface area contributed by atoms with Gasteiger partial charge in [0.05, 0.1) is 0 Å². The monoisotopic (exact) mass is 382 g/mol. The fourth-order valence-electron chi connectivity index (χ4n) is 2.82. The van der Waals surface area contributed by atoms with E-state index in [-0.39, 0.29) is 12.1 Å². The van der Waals surface area contributed by atoms with Gasteiger partial charge in [0.25, 0.3) is 0 Å². The average Bonchev–Trinajstić information content (AvgIpc) is 2.88. The molecule has 0 unspecified atom stereocenters. The van der Waals surface area contributed by atoms with Gasteiger partial charge in [0.15, 0.2) is 0 Å². The van der Waals surface area contributed by atoms with E-state index in [2.05, 4.69) is 46.0 Å². The van der Waals surface area contributed by atoms with Gasteiger partial charge in [0, 0.05) is 37.2 Å². The molecule has 5 heteroatoms. The Morgan fingerprint density at radius 3 is 2.78 bits per heavy atom. The molecule has 128 valence electrons. The van der Waals surface area contributed by atoms with E-state index in [1.807, 2.05) is 27.8 Å². The molecule has 0 saturated carbocycles. The molecule has 1 aliphatic heterocycles. The van der Waals surface area contributed by atoms with Crippen LogP contribution in [-0.2, 0) is 11.3 Å². The molecule has 1 atom stereocenters. The highest BCUT2D eigenvalue weighted by Gasteiger charge is 2.31. The number of nitrogens with zero attached hydrogens (tertiary/aromatic N) is 2. The van der Waals surface area contributed by atoms with Crippen LogP contribution in [0, 0.1) is 6.92 Å². The zero-order chi connectivity index (χ0) is 17.2. The zero-order valence-electron chi connectivity index (χ0n) is 14.7.